The van der Waals surface area contributed by atoms with Crippen molar-refractivity contribution in [3.63, 3.8) is 0 Å². The van der Waals surface area contributed by atoms with Crippen LogP contribution in [0, 0.1) is 0 Å². The van der Waals surface area contributed by atoms with Crippen LogP contribution in [-0.4, -0.2) is 44.2 Å². The first-order valence-corrected chi connectivity index (χ1v) is 9.03. The van der Waals surface area contributed by atoms with Crippen LogP contribution in [-0.2, 0) is 0 Å². The highest BCUT2D eigenvalue weighted by molar-refractivity contribution is 5.99. The summed E-state index contributed by atoms with van der Waals surface area (Å²) in [7, 11) is 0. The van der Waals surface area contributed by atoms with Gasteiger partial charge in [0.25, 0.3) is 5.91 Å². The number of anilines is 1. The third-order valence-corrected chi connectivity index (χ3v) is 4.41. The average molecular weight is 418 g/mol. The number of ether oxygens (including phenoxy) is 2. The summed E-state index contributed by atoms with van der Waals surface area (Å²) in [4.78, 5) is 13.0. The fourth-order valence-corrected chi connectivity index (χ4v) is 2.97. The van der Waals surface area contributed by atoms with Crippen molar-refractivity contribution in [1.82, 2.24) is 30.7 Å². The number of nitrogens with two attached hydrogens (primary N) is 1. The Balaban J connectivity index is 1.46. The van der Waals surface area contributed by atoms with Crippen molar-refractivity contribution >= 4 is 17.9 Å². The molecule has 154 valence electrons. The molecule has 0 aliphatic carbocycles. The average Bonchev–Trinajstić information content (AvgIpc) is 3.53. The molecule has 3 heterocycles. The second kappa shape index (κ2) is 7.59. The predicted molar refractivity (Wildman–Crippen MR) is 107 cm³/mol. The number of nitrogens with zero attached hydrogens (tertiary/aromatic N) is 6. The van der Waals surface area contributed by atoms with E-state index in [4.69, 9.17) is 15.2 Å². The van der Waals surface area contributed by atoms with Crippen molar-refractivity contribution in [3.8, 4) is 28.6 Å². The van der Waals surface area contributed by atoms with Gasteiger partial charge in [-0.05, 0) is 34.1 Å². The molecule has 5 rings (SSSR count). The minimum atomic E-state index is -0.580. The molecule has 1 aliphatic heterocycles. The Morgan fingerprint density at radius 3 is 2.77 bits per heavy atom. The number of carbonyl (C=O) groups excluding carboxylic acids is 1. The SMILES string of the molecule is Nc1nonc1-n1nnc(-c2ccccc2)c1C(=O)N/N=C/c1ccc2c(c1)OCO2. The zero-order chi connectivity index (χ0) is 21.2. The summed E-state index contributed by atoms with van der Waals surface area (Å²) >= 11 is 0. The highest BCUT2D eigenvalue weighted by Gasteiger charge is 2.25. The molecular weight excluding hydrogens is 404 g/mol. The number of carbonyl (C=O) groups is 1. The Kier molecular flexibility index (Phi) is 4.48. The molecule has 0 saturated carbocycles. The number of hydrogen-bond donors (Lipinski definition) is 2. The van der Waals surface area contributed by atoms with E-state index < -0.39 is 5.91 Å². The fourth-order valence-electron chi connectivity index (χ4n) is 2.97. The molecule has 1 amide bonds. The number of nitrogen functional groups attached to an aromatic ring is 1. The van der Waals surface area contributed by atoms with E-state index in [1.165, 1.54) is 6.21 Å². The Bertz CT molecular complexity index is 1280. The molecule has 4 aromatic rings. The summed E-state index contributed by atoms with van der Waals surface area (Å²) in [6.07, 6.45) is 1.47. The van der Waals surface area contributed by atoms with Crippen molar-refractivity contribution < 1.29 is 18.9 Å². The van der Waals surface area contributed by atoms with Gasteiger partial charge in [0.15, 0.2) is 17.2 Å². The molecule has 0 unspecified atom stereocenters. The van der Waals surface area contributed by atoms with Gasteiger partial charge in [0.2, 0.25) is 18.4 Å². The third kappa shape index (κ3) is 3.42. The lowest BCUT2D eigenvalue weighted by Gasteiger charge is -2.05. The first-order chi connectivity index (χ1) is 15.2. The van der Waals surface area contributed by atoms with Crippen molar-refractivity contribution in [1.29, 1.82) is 0 Å². The molecule has 0 saturated heterocycles. The van der Waals surface area contributed by atoms with E-state index >= 15 is 0 Å². The molecule has 0 bridgehead atoms. The Morgan fingerprint density at radius 2 is 1.97 bits per heavy atom. The quantitative estimate of drug-likeness (QED) is 0.361. The standard InChI is InChI=1S/C19H14N8O4/c20-17-18(25-31-24-17)27-16(15(22-26-27)12-4-2-1-3-5-12)19(28)23-21-9-11-6-7-13-14(8-11)30-10-29-13/h1-9H,10H2,(H2,20,24)(H,23,28)/b21-9+. The van der Waals surface area contributed by atoms with Crippen molar-refractivity contribution in [2.75, 3.05) is 12.5 Å². The summed E-state index contributed by atoms with van der Waals surface area (Å²) in [6, 6.07) is 14.4. The van der Waals surface area contributed by atoms with Crippen LogP contribution in [0.2, 0.25) is 0 Å². The second-order valence-electron chi connectivity index (χ2n) is 6.35. The van der Waals surface area contributed by atoms with Crippen molar-refractivity contribution in [2.45, 2.75) is 0 Å². The monoisotopic (exact) mass is 418 g/mol. The van der Waals surface area contributed by atoms with E-state index in [1.807, 2.05) is 18.2 Å². The van der Waals surface area contributed by atoms with Gasteiger partial charge in [-0.25, -0.2) is 10.1 Å². The topological polar surface area (TPSA) is 156 Å². The number of benzene rings is 2. The maximum absolute atomic E-state index is 13.0. The Labute approximate surface area is 174 Å². The van der Waals surface area contributed by atoms with E-state index in [9.17, 15) is 4.79 Å². The molecule has 0 fully saturated rings. The highest BCUT2D eigenvalue weighted by atomic mass is 16.7. The minimum absolute atomic E-state index is 0.0394. The van der Waals surface area contributed by atoms with E-state index in [-0.39, 0.29) is 24.1 Å². The van der Waals surface area contributed by atoms with E-state index in [0.717, 1.165) is 4.68 Å². The summed E-state index contributed by atoms with van der Waals surface area (Å²) in [6.45, 7) is 0.173. The van der Waals surface area contributed by atoms with Gasteiger partial charge in [-0.1, -0.05) is 35.5 Å². The van der Waals surface area contributed by atoms with Gasteiger partial charge in [-0.15, -0.1) is 5.10 Å². The predicted octanol–water partition coefficient (Wildman–Crippen LogP) is 1.39. The van der Waals surface area contributed by atoms with Crippen LogP contribution in [0.1, 0.15) is 16.1 Å². The molecule has 2 aromatic heterocycles. The lowest BCUT2D eigenvalue weighted by atomic mass is 10.1. The number of amides is 1. The molecule has 0 radical (unpaired) electrons. The number of fused-ring (bicyclic) bond motifs is 1. The smallest absolute Gasteiger partial charge is 0.292 e. The lowest BCUT2D eigenvalue weighted by Crippen LogP contribution is -2.22. The van der Waals surface area contributed by atoms with Gasteiger partial charge in [0.05, 0.1) is 6.21 Å². The molecule has 31 heavy (non-hydrogen) atoms. The van der Waals surface area contributed by atoms with Crippen LogP contribution in [0.5, 0.6) is 11.5 Å². The van der Waals surface area contributed by atoms with Crippen LogP contribution >= 0.6 is 0 Å². The van der Waals surface area contributed by atoms with Crippen LogP contribution in [0.3, 0.4) is 0 Å². The van der Waals surface area contributed by atoms with Crippen LogP contribution in [0.15, 0.2) is 58.3 Å². The molecular formula is C19H14N8O4. The van der Waals surface area contributed by atoms with E-state index in [2.05, 4.69) is 35.8 Å². The van der Waals surface area contributed by atoms with Gasteiger partial charge in [0.1, 0.15) is 5.69 Å². The van der Waals surface area contributed by atoms with Crippen LogP contribution in [0.4, 0.5) is 5.82 Å². The summed E-state index contributed by atoms with van der Waals surface area (Å²) < 4.78 is 16.4. The Morgan fingerprint density at radius 1 is 1.13 bits per heavy atom. The number of rotatable bonds is 5. The van der Waals surface area contributed by atoms with Crippen molar-refractivity contribution in [2.24, 2.45) is 5.10 Å². The summed E-state index contributed by atoms with van der Waals surface area (Å²) in [5, 5.41) is 19.4. The first-order valence-electron chi connectivity index (χ1n) is 9.03. The van der Waals surface area contributed by atoms with E-state index in [1.54, 1.807) is 30.3 Å². The van der Waals surface area contributed by atoms with Crippen LogP contribution in [0.25, 0.3) is 17.1 Å². The molecule has 12 nitrogen and oxygen atoms in total. The number of hydrazone groups is 1. The molecule has 12 heteroatoms. The number of aromatic nitrogens is 5. The normalized spacial score (nSPS) is 12.4. The van der Waals surface area contributed by atoms with Gasteiger partial charge >= 0.3 is 0 Å². The van der Waals surface area contributed by atoms with Crippen LogP contribution < -0.4 is 20.6 Å². The molecule has 2 aromatic carbocycles. The molecule has 1 aliphatic rings. The van der Waals surface area contributed by atoms with E-state index in [0.29, 0.717) is 28.3 Å². The molecule has 0 spiro atoms. The van der Waals surface area contributed by atoms with Crippen molar-refractivity contribution in [3.05, 3.63) is 59.8 Å². The zero-order valence-corrected chi connectivity index (χ0v) is 15.8. The minimum Gasteiger partial charge on any atom is -0.454 e. The Hall–Kier alpha value is -4.74. The van der Waals surface area contributed by atoms with Gasteiger partial charge in [-0.2, -0.15) is 9.78 Å². The number of hydrogen-bond acceptors (Lipinski definition) is 10. The first kappa shape index (κ1) is 18.3. The maximum atomic E-state index is 13.0. The summed E-state index contributed by atoms with van der Waals surface area (Å²) in [5.41, 5.74) is 10.0. The lowest BCUT2D eigenvalue weighted by molar-refractivity contribution is 0.0947. The van der Waals surface area contributed by atoms with Gasteiger partial charge in [0, 0.05) is 5.56 Å². The second-order valence-corrected chi connectivity index (χ2v) is 6.35. The summed E-state index contributed by atoms with van der Waals surface area (Å²) in [5.74, 6) is 0.686. The fraction of sp³-hybridized carbons (Fsp3) is 0.0526. The van der Waals surface area contributed by atoms with Gasteiger partial charge < -0.3 is 15.2 Å². The third-order valence-electron chi connectivity index (χ3n) is 4.41. The highest BCUT2D eigenvalue weighted by Crippen LogP contribution is 2.32. The molecule has 3 N–H and O–H groups in total. The largest absolute Gasteiger partial charge is 0.454 e. The zero-order valence-electron chi connectivity index (χ0n) is 15.8. The number of nitrogens with one attached hydrogen (secondary N) is 1. The maximum Gasteiger partial charge on any atom is 0.292 e. The van der Waals surface area contributed by atoms with Gasteiger partial charge in [-0.3, -0.25) is 4.79 Å². The molecule has 0 atom stereocenters.